The van der Waals surface area contributed by atoms with Crippen molar-refractivity contribution in [3.63, 3.8) is 0 Å². The normalized spacial score (nSPS) is 13.3. The highest BCUT2D eigenvalue weighted by Crippen LogP contribution is 2.38. The van der Waals surface area contributed by atoms with Gasteiger partial charge in [-0.05, 0) is 6.42 Å². The predicted octanol–water partition coefficient (Wildman–Crippen LogP) is 7.23. The summed E-state index contributed by atoms with van der Waals surface area (Å²) in [4.78, 5) is 16.9. The first-order valence-electron chi connectivity index (χ1n) is 9.80. The van der Waals surface area contributed by atoms with Gasteiger partial charge in [-0.15, -0.1) is 34.0 Å². The number of thiazole rings is 3. The molecule has 0 radical (unpaired) electrons. The molecular formula is C22H31N3S3. The molecule has 0 aliphatic rings. The summed E-state index contributed by atoms with van der Waals surface area (Å²) in [5.74, 6) is 0. The van der Waals surface area contributed by atoms with Gasteiger partial charge in [0, 0.05) is 45.3 Å². The van der Waals surface area contributed by atoms with Crippen LogP contribution in [0.15, 0.2) is 17.8 Å². The quantitative estimate of drug-likeness (QED) is 0.411. The van der Waals surface area contributed by atoms with Crippen LogP contribution in [0.4, 0.5) is 0 Å². The van der Waals surface area contributed by atoms with Gasteiger partial charge in [0.2, 0.25) is 0 Å². The van der Waals surface area contributed by atoms with E-state index in [1.807, 2.05) is 17.5 Å². The summed E-state index contributed by atoms with van der Waals surface area (Å²) in [7, 11) is 0. The van der Waals surface area contributed by atoms with Crippen molar-refractivity contribution in [2.45, 2.75) is 84.5 Å². The fourth-order valence-electron chi connectivity index (χ4n) is 2.77. The smallest absolute Gasteiger partial charge is 0.135 e. The second kappa shape index (κ2) is 7.62. The Hall–Kier alpha value is -1.11. The topological polar surface area (TPSA) is 38.7 Å². The molecule has 0 aliphatic carbocycles. The lowest BCUT2D eigenvalue weighted by Gasteiger charge is -2.22. The minimum absolute atomic E-state index is 0.0439. The van der Waals surface area contributed by atoms with Crippen LogP contribution in [-0.2, 0) is 22.7 Å². The summed E-state index contributed by atoms with van der Waals surface area (Å²) in [5.41, 5.74) is 1.38. The maximum Gasteiger partial charge on any atom is 0.135 e. The van der Waals surface area contributed by atoms with Crippen molar-refractivity contribution in [3.8, 4) is 9.88 Å². The standard InChI is InChI=1S/C22H31N3S3/c1-9-21(5,6)16-12-23-17(28-16)10-22(7,8)15-13-26-18(25-15)14-11-24-19(27-14)20(2,3)4/h11-13H,9-10H2,1-8H3. The number of hydrogen-bond acceptors (Lipinski definition) is 6. The van der Waals surface area contributed by atoms with E-state index in [9.17, 15) is 0 Å². The van der Waals surface area contributed by atoms with Crippen LogP contribution in [0.5, 0.6) is 0 Å². The molecule has 0 aromatic carbocycles. The lowest BCUT2D eigenvalue weighted by molar-refractivity contribution is 0.507. The van der Waals surface area contributed by atoms with E-state index in [1.54, 1.807) is 22.7 Å². The van der Waals surface area contributed by atoms with Crippen LogP contribution in [0.25, 0.3) is 9.88 Å². The lowest BCUT2D eigenvalue weighted by atomic mass is 9.86. The van der Waals surface area contributed by atoms with Crippen LogP contribution in [0.1, 0.15) is 82.4 Å². The largest absolute Gasteiger partial charge is 0.249 e. The Morgan fingerprint density at radius 2 is 1.61 bits per heavy atom. The van der Waals surface area contributed by atoms with Crippen molar-refractivity contribution in [1.29, 1.82) is 0 Å². The summed E-state index contributed by atoms with van der Waals surface area (Å²) < 4.78 is 0. The molecular weight excluding hydrogens is 402 g/mol. The molecule has 0 bridgehead atoms. The molecule has 3 aromatic rings. The molecule has 0 amide bonds. The Balaban J connectivity index is 1.79. The van der Waals surface area contributed by atoms with Crippen LogP contribution in [0.3, 0.4) is 0 Å². The minimum Gasteiger partial charge on any atom is -0.249 e. The van der Waals surface area contributed by atoms with Crippen LogP contribution in [0.2, 0.25) is 0 Å². The average Bonchev–Trinajstić information content (AvgIpc) is 3.33. The van der Waals surface area contributed by atoms with Gasteiger partial charge in [-0.3, -0.25) is 0 Å². The molecule has 3 nitrogen and oxygen atoms in total. The van der Waals surface area contributed by atoms with Gasteiger partial charge in [0.05, 0.1) is 20.6 Å². The molecule has 0 atom stereocenters. The van der Waals surface area contributed by atoms with E-state index in [2.05, 4.69) is 72.0 Å². The molecule has 3 aromatic heterocycles. The summed E-state index contributed by atoms with van der Waals surface area (Å²) in [6.45, 7) is 18.0. The summed E-state index contributed by atoms with van der Waals surface area (Å²) >= 11 is 5.33. The number of rotatable bonds is 6. The molecule has 0 N–H and O–H groups in total. The Labute approximate surface area is 181 Å². The highest BCUT2D eigenvalue weighted by atomic mass is 32.1. The van der Waals surface area contributed by atoms with E-state index in [0.717, 1.165) is 28.6 Å². The van der Waals surface area contributed by atoms with Gasteiger partial charge in [0.25, 0.3) is 0 Å². The Morgan fingerprint density at radius 3 is 2.21 bits per heavy atom. The molecule has 0 saturated carbocycles. The van der Waals surface area contributed by atoms with Gasteiger partial charge < -0.3 is 0 Å². The van der Waals surface area contributed by atoms with Crippen LogP contribution in [0, 0.1) is 0 Å². The molecule has 28 heavy (non-hydrogen) atoms. The third-order valence-electron chi connectivity index (χ3n) is 5.25. The van der Waals surface area contributed by atoms with Crippen molar-refractivity contribution in [3.05, 3.63) is 38.4 Å². The second-order valence-electron chi connectivity index (χ2n) is 9.73. The van der Waals surface area contributed by atoms with Crippen LogP contribution >= 0.6 is 34.0 Å². The van der Waals surface area contributed by atoms with Crippen molar-refractivity contribution >= 4 is 34.0 Å². The lowest BCUT2D eigenvalue weighted by Crippen LogP contribution is -2.21. The van der Waals surface area contributed by atoms with Gasteiger partial charge in [-0.25, -0.2) is 15.0 Å². The highest BCUT2D eigenvalue weighted by molar-refractivity contribution is 7.20. The SMILES string of the molecule is CCC(C)(C)c1cnc(CC(C)(C)c2csc(-c3cnc(C(C)(C)C)s3)n2)s1. The van der Waals surface area contributed by atoms with Crippen molar-refractivity contribution in [2.75, 3.05) is 0 Å². The highest BCUT2D eigenvalue weighted by Gasteiger charge is 2.28. The van der Waals surface area contributed by atoms with Gasteiger partial charge in [-0.2, -0.15) is 0 Å². The minimum atomic E-state index is -0.0439. The van der Waals surface area contributed by atoms with E-state index in [4.69, 9.17) is 9.97 Å². The number of hydrogen-bond donors (Lipinski definition) is 0. The van der Waals surface area contributed by atoms with E-state index in [1.165, 1.54) is 14.8 Å². The van der Waals surface area contributed by atoms with E-state index >= 15 is 0 Å². The zero-order valence-electron chi connectivity index (χ0n) is 18.2. The first kappa shape index (κ1) is 21.6. The molecule has 3 rings (SSSR count). The molecule has 0 unspecified atom stereocenters. The Kier molecular flexibility index (Phi) is 5.87. The van der Waals surface area contributed by atoms with Gasteiger partial charge in [-0.1, -0.05) is 55.4 Å². The Morgan fingerprint density at radius 1 is 0.893 bits per heavy atom. The summed E-state index contributed by atoms with van der Waals surface area (Å²) in [5, 5.41) is 5.63. The van der Waals surface area contributed by atoms with Crippen LogP contribution in [-0.4, -0.2) is 15.0 Å². The fraction of sp³-hybridized carbons (Fsp3) is 0.591. The molecule has 3 heterocycles. The van der Waals surface area contributed by atoms with E-state index < -0.39 is 0 Å². The maximum atomic E-state index is 4.98. The molecule has 6 heteroatoms. The molecule has 0 spiro atoms. The number of nitrogens with zero attached hydrogens (tertiary/aromatic N) is 3. The maximum absolute atomic E-state index is 4.98. The summed E-state index contributed by atoms with van der Waals surface area (Å²) in [6, 6.07) is 0. The van der Waals surface area contributed by atoms with Gasteiger partial charge in [0.15, 0.2) is 0 Å². The zero-order valence-corrected chi connectivity index (χ0v) is 20.7. The third-order valence-corrected chi connectivity index (χ3v) is 9.05. The third kappa shape index (κ3) is 4.55. The van der Waals surface area contributed by atoms with Gasteiger partial charge in [0.1, 0.15) is 5.01 Å². The fourth-order valence-corrected chi connectivity index (χ4v) is 6.13. The van der Waals surface area contributed by atoms with Crippen molar-refractivity contribution in [1.82, 2.24) is 15.0 Å². The Bertz CT molecular complexity index is 938. The molecule has 0 aliphatic heterocycles. The van der Waals surface area contributed by atoms with E-state index in [-0.39, 0.29) is 16.2 Å². The summed E-state index contributed by atoms with van der Waals surface area (Å²) in [6.07, 6.45) is 6.08. The van der Waals surface area contributed by atoms with Crippen LogP contribution < -0.4 is 0 Å². The molecule has 0 fully saturated rings. The second-order valence-corrected chi connectivity index (χ2v) is 12.7. The van der Waals surface area contributed by atoms with Crippen molar-refractivity contribution in [2.24, 2.45) is 0 Å². The van der Waals surface area contributed by atoms with Gasteiger partial charge >= 0.3 is 0 Å². The first-order valence-corrected chi connectivity index (χ1v) is 12.3. The predicted molar refractivity (Wildman–Crippen MR) is 124 cm³/mol. The zero-order chi connectivity index (χ0) is 20.7. The average molecular weight is 434 g/mol. The molecule has 152 valence electrons. The molecule has 0 saturated heterocycles. The first-order chi connectivity index (χ1) is 12.9. The monoisotopic (exact) mass is 433 g/mol. The van der Waals surface area contributed by atoms with E-state index in [0.29, 0.717) is 0 Å². The number of aromatic nitrogens is 3. The van der Waals surface area contributed by atoms with Crippen molar-refractivity contribution < 1.29 is 0 Å².